The molecule has 1 amide bonds. The molecule has 4 rings (SSSR count). The third-order valence-corrected chi connectivity index (χ3v) is 9.03. The molecule has 50 heavy (non-hydrogen) atoms. The lowest BCUT2D eigenvalue weighted by Gasteiger charge is -2.24. The van der Waals surface area contributed by atoms with Gasteiger partial charge in [0.05, 0.1) is 38.3 Å². The third kappa shape index (κ3) is 11.6. The molecule has 2 aliphatic heterocycles. The van der Waals surface area contributed by atoms with Crippen LogP contribution in [0.15, 0.2) is 6.33 Å². The second-order valence-corrected chi connectivity index (χ2v) is 13.2. The molecule has 2 fully saturated rings. The van der Waals surface area contributed by atoms with Crippen molar-refractivity contribution in [3.8, 4) is 0 Å². The SMILES string of the molecule is COCCOC(=O)OCOP(=O)(CC(=O)N(C)C[C@@H]1C[C@@H](O)[C@H](n2cnc3c(N[C@H]4CCOC4)nc(Cl)nc32)O1)OCOC(=O)OCCOC. The maximum atomic E-state index is 13.5. The van der Waals surface area contributed by atoms with E-state index >= 15 is 0 Å². The molecule has 2 aromatic rings. The number of fused-ring (bicyclic) bond motifs is 1. The Balaban J connectivity index is 1.35. The van der Waals surface area contributed by atoms with Crippen LogP contribution in [-0.2, 0) is 56.3 Å². The molecule has 0 aliphatic carbocycles. The predicted molar refractivity (Wildman–Crippen MR) is 168 cm³/mol. The third-order valence-electron chi connectivity index (χ3n) is 7.20. The number of rotatable bonds is 19. The number of carbonyl (C=O) groups is 3. The molecule has 280 valence electrons. The maximum Gasteiger partial charge on any atom is 0.510 e. The Morgan fingerprint density at radius 3 is 2.32 bits per heavy atom. The summed E-state index contributed by atoms with van der Waals surface area (Å²) < 4.78 is 65.2. The van der Waals surface area contributed by atoms with Crippen molar-refractivity contribution >= 4 is 54.4 Å². The first-order valence-corrected chi connectivity index (χ1v) is 17.4. The molecule has 4 heterocycles. The van der Waals surface area contributed by atoms with E-state index < -0.39 is 64.0 Å². The van der Waals surface area contributed by atoms with Crippen molar-refractivity contribution in [2.45, 2.75) is 37.3 Å². The van der Waals surface area contributed by atoms with Gasteiger partial charge >= 0.3 is 19.9 Å². The molecule has 2 saturated heterocycles. The molecule has 2 aromatic heterocycles. The monoisotopic (exact) mass is 754 g/mol. The van der Waals surface area contributed by atoms with Crippen LogP contribution in [0.5, 0.6) is 0 Å². The Hall–Kier alpha value is -3.40. The van der Waals surface area contributed by atoms with Crippen LogP contribution in [0.3, 0.4) is 0 Å². The normalized spacial score (nSPS) is 20.5. The number of imidazole rings is 1. The molecular weight excluding hydrogens is 715 g/mol. The van der Waals surface area contributed by atoms with Gasteiger partial charge in [0.15, 0.2) is 23.2 Å². The maximum absolute atomic E-state index is 13.5. The number of hydrogen-bond acceptors (Lipinski definition) is 19. The minimum absolute atomic E-state index is 0.0245. The smallest absolute Gasteiger partial charge is 0.432 e. The summed E-state index contributed by atoms with van der Waals surface area (Å²) in [7, 11) is -0.190. The van der Waals surface area contributed by atoms with Gasteiger partial charge < -0.3 is 53.2 Å². The number of aromatic nitrogens is 4. The van der Waals surface area contributed by atoms with Crippen molar-refractivity contribution in [2.24, 2.45) is 0 Å². The van der Waals surface area contributed by atoms with Gasteiger partial charge in [0.25, 0.3) is 0 Å². The van der Waals surface area contributed by atoms with E-state index in [4.69, 9.17) is 58.5 Å². The van der Waals surface area contributed by atoms with Crippen LogP contribution in [0.4, 0.5) is 15.4 Å². The van der Waals surface area contributed by atoms with Gasteiger partial charge in [-0.05, 0) is 18.0 Å². The van der Waals surface area contributed by atoms with Crippen LogP contribution >= 0.6 is 19.2 Å². The van der Waals surface area contributed by atoms with Gasteiger partial charge in [-0.25, -0.2) is 14.6 Å². The molecule has 2 N–H and O–H groups in total. The van der Waals surface area contributed by atoms with E-state index in [1.807, 2.05) is 0 Å². The zero-order valence-corrected chi connectivity index (χ0v) is 29.2. The molecule has 23 heteroatoms. The number of aliphatic hydroxyl groups is 1. The molecule has 0 radical (unpaired) electrons. The zero-order valence-electron chi connectivity index (χ0n) is 27.6. The molecule has 4 atom stereocenters. The van der Waals surface area contributed by atoms with Crippen LogP contribution in [0, 0.1) is 0 Å². The van der Waals surface area contributed by atoms with E-state index in [0.717, 1.165) is 6.42 Å². The van der Waals surface area contributed by atoms with Crippen LogP contribution in [0.2, 0.25) is 5.28 Å². The highest BCUT2D eigenvalue weighted by Gasteiger charge is 2.39. The van der Waals surface area contributed by atoms with Crippen molar-refractivity contribution < 1.29 is 71.0 Å². The van der Waals surface area contributed by atoms with Gasteiger partial charge in [-0.15, -0.1) is 0 Å². The molecule has 2 aliphatic rings. The average molecular weight is 755 g/mol. The van der Waals surface area contributed by atoms with Gasteiger partial charge in [0.2, 0.25) is 24.8 Å². The Labute approximate surface area is 291 Å². The summed E-state index contributed by atoms with van der Waals surface area (Å²) in [6.45, 7) is -0.779. The largest absolute Gasteiger partial charge is 0.510 e. The van der Waals surface area contributed by atoms with E-state index in [2.05, 4.69) is 20.3 Å². The molecule has 0 saturated carbocycles. The highest BCUT2D eigenvalue weighted by Crippen LogP contribution is 2.48. The lowest BCUT2D eigenvalue weighted by atomic mass is 10.2. The lowest BCUT2D eigenvalue weighted by molar-refractivity contribution is -0.129. The van der Waals surface area contributed by atoms with Crippen LogP contribution in [0.25, 0.3) is 11.2 Å². The van der Waals surface area contributed by atoms with Crippen molar-refractivity contribution in [1.82, 2.24) is 24.4 Å². The minimum atomic E-state index is -4.41. The first-order valence-electron chi connectivity index (χ1n) is 15.3. The zero-order chi connectivity index (χ0) is 36.1. The summed E-state index contributed by atoms with van der Waals surface area (Å²) >= 11 is 6.22. The lowest BCUT2D eigenvalue weighted by Crippen LogP contribution is -2.36. The number of nitrogens with zero attached hydrogens (tertiary/aromatic N) is 5. The van der Waals surface area contributed by atoms with E-state index in [1.165, 1.54) is 37.1 Å². The average Bonchev–Trinajstić information content (AvgIpc) is 3.81. The first-order chi connectivity index (χ1) is 24.0. The number of carbonyl (C=O) groups excluding carboxylic acids is 3. The fourth-order valence-corrected chi connectivity index (χ4v) is 6.17. The summed E-state index contributed by atoms with van der Waals surface area (Å²) in [6.07, 6.45) is -3.44. The highest BCUT2D eigenvalue weighted by atomic mass is 35.5. The van der Waals surface area contributed by atoms with E-state index in [0.29, 0.717) is 30.2 Å². The second kappa shape index (κ2) is 19.3. The van der Waals surface area contributed by atoms with Crippen molar-refractivity contribution in [3.05, 3.63) is 11.6 Å². The van der Waals surface area contributed by atoms with E-state index in [9.17, 15) is 24.1 Å². The fraction of sp³-hybridized carbons (Fsp3) is 0.704. The molecule has 0 unspecified atom stereocenters. The molecular formula is C27H40ClN6O15P. The minimum Gasteiger partial charge on any atom is -0.432 e. The Morgan fingerprint density at radius 1 is 1.06 bits per heavy atom. The molecule has 0 spiro atoms. The number of likely N-dealkylation sites (N-methyl/N-ethyl adjacent to an activating group) is 1. The summed E-state index contributed by atoms with van der Waals surface area (Å²) in [4.78, 5) is 50.8. The van der Waals surface area contributed by atoms with Gasteiger partial charge in [0, 0.05) is 40.8 Å². The number of hydrogen-bond donors (Lipinski definition) is 2. The number of ether oxygens (including phenoxy) is 8. The Kier molecular flexibility index (Phi) is 15.2. The van der Waals surface area contributed by atoms with Gasteiger partial charge in [-0.3, -0.25) is 23.0 Å². The van der Waals surface area contributed by atoms with Crippen LogP contribution in [-0.4, -0.2) is 153 Å². The topological polar surface area (TPSA) is 240 Å². The number of aliphatic hydroxyl groups excluding tert-OH is 1. The summed E-state index contributed by atoms with van der Waals surface area (Å²) in [6, 6.07) is 0.0245. The molecule has 0 aromatic carbocycles. The summed E-state index contributed by atoms with van der Waals surface area (Å²) in [5, 5.41) is 14.2. The van der Waals surface area contributed by atoms with Gasteiger partial charge in [-0.1, -0.05) is 0 Å². The second-order valence-electron chi connectivity index (χ2n) is 10.8. The summed E-state index contributed by atoms with van der Waals surface area (Å²) in [5.41, 5.74) is 0.744. The number of anilines is 1. The highest BCUT2D eigenvalue weighted by molar-refractivity contribution is 7.54. The Morgan fingerprint density at radius 2 is 1.72 bits per heavy atom. The van der Waals surface area contributed by atoms with Crippen molar-refractivity contribution in [3.63, 3.8) is 0 Å². The number of nitrogens with one attached hydrogen (secondary N) is 1. The van der Waals surface area contributed by atoms with E-state index in [1.54, 1.807) is 0 Å². The van der Waals surface area contributed by atoms with Gasteiger partial charge in [-0.2, -0.15) is 9.97 Å². The van der Waals surface area contributed by atoms with Crippen molar-refractivity contribution in [1.29, 1.82) is 0 Å². The van der Waals surface area contributed by atoms with Gasteiger partial charge in [0.1, 0.15) is 25.5 Å². The summed E-state index contributed by atoms with van der Waals surface area (Å²) in [5.74, 6) is -0.321. The van der Waals surface area contributed by atoms with Crippen LogP contribution in [0.1, 0.15) is 19.1 Å². The quantitative estimate of drug-likeness (QED) is 0.0679. The number of halogens is 1. The predicted octanol–water partition coefficient (Wildman–Crippen LogP) is 1.53. The number of methoxy groups -OCH3 is 2. The molecule has 0 bridgehead atoms. The van der Waals surface area contributed by atoms with Crippen LogP contribution < -0.4 is 5.32 Å². The van der Waals surface area contributed by atoms with E-state index in [-0.39, 0.29) is 50.7 Å². The number of amides is 1. The molecule has 21 nitrogen and oxygen atoms in total. The first kappa shape index (κ1) is 39.4. The van der Waals surface area contributed by atoms with Crippen molar-refractivity contribution in [2.75, 3.05) is 92.5 Å². The standard InChI is InChI=1S/C27H40ClN6O15P/c1-33(20(36)13-50(39,47-15-45-26(37)43-8-6-40-2)48-16-46-27(38)44-9-7-41-3)11-18-10-19(35)24(49-18)34-14-29-21-22(30-17-4-5-42-12-17)31-25(28)32-23(21)34/h14,17-19,24,35H,4-13,15-16H2,1-3H3,(H,30,31,32)/t17-,18-,19+,24+/m0/s1. The fourth-order valence-electron chi connectivity index (χ4n) is 4.75. The Bertz CT molecular complexity index is 1450.